The van der Waals surface area contributed by atoms with Gasteiger partial charge in [-0.25, -0.2) is 0 Å². The Morgan fingerprint density at radius 3 is 0.964 bits per heavy atom. The Morgan fingerprint density at radius 1 is 0.536 bits per heavy atom. The Bertz CT molecular complexity index is 846. The molecule has 0 N–H and O–H groups in total. The Kier molecular flexibility index (Phi) is 5.88. The van der Waals surface area contributed by atoms with Gasteiger partial charge in [0.1, 0.15) is 0 Å². The summed E-state index contributed by atoms with van der Waals surface area (Å²) in [5.41, 5.74) is 2.98. The SMILES string of the molecule is COC(c1c2ccccc2c(C(OC)[Si](C)(C)C)c2ccccc12)[Si](C)(C)C. The Balaban J connectivity index is 2.54. The number of hydrogen-bond donors (Lipinski definition) is 0. The van der Waals surface area contributed by atoms with Crippen molar-refractivity contribution in [3.63, 3.8) is 0 Å². The average Bonchev–Trinajstić information content (AvgIpc) is 2.62. The molecule has 0 aliphatic heterocycles. The van der Waals surface area contributed by atoms with Crippen molar-refractivity contribution < 1.29 is 9.47 Å². The highest BCUT2D eigenvalue weighted by Crippen LogP contribution is 2.44. The van der Waals surface area contributed by atoms with Crippen LogP contribution in [-0.4, -0.2) is 30.4 Å². The summed E-state index contributed by atoms with van der Waals surface area (Å²) >= 11 is 0. The number of ether oxygens (including phenoxy) is 2. The van der Waals surface area contributed by atoms with E-state index < -0.39 is 16.1 Å². The Hall–Kier alpha value is -1.47. The maximum absolute atomic E-state index is 6.15. The highest BCUT2D eigenvalue weighted by molar-refractivity contribution is 6.78. The quantitative estimate of drug-likeness (QED) is 0.318. The summed E-state index contributed by atoms with van der Waals surface area (Å²) in [4.78, 5) is 0. The van der Waals surface area contributed by atoms with Crippen LogP contribution >= 0.6 is 0 Å². The van der Waals surface area contributed by atoms with Gasteiger partial charge in [0.05, 0.1) is 27.6 Å². The predicted octanol–water partition coefficient (Wildman–Crippen LogP) is 7.12. The molecule has 0 saturated carbocycles. The van der Waals surface area contributed by atoms with E-state index in [1.54, 1.807) is 0 Å². The minimum absolute atomic E-state index is 0.143. The summed E-state index contributed by atoms with van der Waals surface area (Å²) in [7, 11) is 0.531. The summed E-state index contributed by atoms with van der Waals surface area (Å²) in [6, 6.07) is 17.7. The van der Waals surface area contributed by atoms with Gasteiger partial charge in [0.2, 0.25) is 0 Å². The summed E-state index contributed by atoms with van der Waals surface area (Å²) in [6.07, 6.45) is 0. The minimum Gasteiger partial charge on any atom is -0.380 e. The van der Waals surface area contributed by atoms with Crippen LogP contribution in [0.4, 0.5) is 0 Å². The van der Waals surface area contributed by atoms with Gasteiger partial charge in [0.25, 0.3) is 0 Å². The fourth-order valence-electron chi connectivity index (χ4n) is 4.57. The lowest BCUT2D eigenvalue weighted by Crippen LogP contribution is -2.34. The third-order valence-corrected chi connectivity index (χ3v) is 9.78. The van der Waals surface area contributed by atoms with Gasteiger partial charge in [-0.1, -0.05) is 87.8 Å². The fourth-order valence-corrected chi connectivity index (χ4v) is 8.34. The monoisotopic (exact) mass is 410 g/mol. The number of benzene rings is 3. The van der Waals surface area contributed by atoms with Crippen molar-refractivity contribution in [2.24, 2.45) is 0 Å². The summed E-state index contributed by atoms with van der Waals surface area (Å²) < 4.78 is 12.3. The molecule has 2 nitrogen and oxygen atoms in total. The molecule has 0 fully saturated rings. The molecule has 0 aromatic heterocycles. The highest BCUT2D eigenvalue weighted by Gasteiger charge is 2.35. The first-order valence-electron chi connectivity index (χ1n) is 10.1. The van der Waals surface area contributed by atoms with Crippen molar-refractivity contribution >= 4 is 37.7 Å². The largest absolute Gasteiger partial charge is 0.380 e. The van der Waals surface area contributed by atoms with E-state index in [9.17, 15) is 0 Å². The average molecular weight is 411 g/mol. The zero-order valence-electron chi connectivity index (χ0n) is 18.6. The van der Waals surface area contributed by atoms with Crippen molar-refractivity contribution in [1.82, 2.24) is 0 Å². The first-order valence-corrected chi connectivity index (χ1v) is 17.3. The van der Waals surface area contributed by atoms with E-state index in [4.69, 9.17) is 9.47 Å². The zero-order chi connectivity index (χ0) is 20.7. The van der Waals surface area contributed by atoms with E-state index in [1.807, 2.05) is 14.2 Å². The summed E-state index contributed by atoms with van der Waals surface area (Å²) in [5.74, 6) is 0. The van der Waals surface area contributed by atoms with Crippen LogP contribution in [0, 0.1) is 0 Å². The standard InChI is InChI=1S/C24H34O2Si2/c1-25-23(27(3,4)5)21-17-13-9-11-15-19(17)22(24(26-2)28(6,7)8)20-16-12-10-14-18(20)21/h9-16,23-24H,1-8H3. The molecule has 0 spiro atoms. The lowest BCUT2D eigenvalue weighted by molar-refractivity contribution is 0.160. The molecule has 3 rings (SSSR count). The van der Waals surface area contributed by atoms with Gasteiger partial charge in [0, 0.05) is 14.2 Å². The first-order chi connectivity index (χ1) is 13.1. The van der Waals surface area contributed by atoms with Crippen LogP contribution in [0.15, 0.2) is 48.5 Å². The molecule has 0 radical (unpaired) electrons. The second kappa shape index (κ2) is 7.75. The van der Waals surface area contributed by atoms with Crippen LogP contribution in [0.25, 0.3) is 21.5 Å². The van der Waals surface area contributed by atoms with Crippen LogP contribution in [0.1, 0.15) is 22.6 Å². The molecule has 4 heteroatoms. The van der Waals surface area contributed by atoms with Crippen molar-refractivity contribution in [3.05, 3.63) is 59.7 Å². The van der Waals surface area contributed by atoms with E-state index in [-0.39, 0.29) is 11.5 Å². The van der Waals surface area contributed by atoms with Crippen LogP contribution in [0.2, 0.25) is 39.3 Å². The van der Waals surface area contributed by atoms with E-state index in [0.717, 1.165) is 0 Å². The van der Waals surface area contributed by atoms with Gasteiger partial charge in [-0.3, -0.25) is 0 Å². The van der Waals surface area contributed by atoms with Crippen molar-refractivity contribution in [2.75, 3.05) is 14.2 Å². The van der Waals surface area contributed by atoms with Crippen LogP contribution in [-0.2, 0) is 9.47 Å². The van der Waals surface area contributed by atoms with E-state index in [2.05, 4.69) is 87.8 Å². The van der Waals surface area contributed by atoms with Crippen molar-refractivity contribution in [3.8, 4) is 0 Å². The smallest absolute Gasteiger partial charge is 0.0842 e. The third kappa shape index (κ3) is 3.71. The molecule has 3 aromatic carbocycles. The van der Waals surface area contributed by atoms with E-state index >= 15 is 0 Å². The molecule has 28 heavy (non-hydrogen) atoms. The Morgan fingerprint density at radius 2 is 0.786 bits per heavy atom. The molecule has 0 saturated heterocycles. The molecule has 150 valence electrons. The van der Waals surface area contributed by atoms with Gasteiger partial charge < -0.3 is 9.47 Å². The maximum Gasteiger partial charge on any atom is 0.0842 e. The van der Waals surface area contributed by atoms with E-state index in [1.165, 1.54) is 32.7 Å². The van der Waals surface area contributed by atoms with Crippen molar-refractivity contribution in [2.45, 2.75) is 50.7 Å². The Labute approximate surface area is 171 Å². The van der Waals surface area contributed by atoms with Gasteiger partial charge >= 0.3 is 0 Å². The molecule has 0 amide bonds. The molecule has 2 unspecified atom stereocenters. The summed E-state index contributed by atoms with van der Waals surface area (Å²) in [5, 5.41) is 5.24. The minimum atomic E-state index is -1.60. The second-order valence-electron chi connectivity index (χ2n) is 9.88. The van der Waals surface area contributed by atoms with Crippen molar-refractivity contribution in [1.29, 1.82) is 0 Å². The van der Waals surface area contributed by atoms with Crippen LogP contribution in [0.5, 0.6) is 0 Å². The first kappa shape index (κ1) is 21.2. The predicted molar refractivity (Wildman–Crippen MR) is 128 cm³/mol. The number of fused-ring (bicyclic) bond motifs is 2. The molecule has 0 aliphatic rings. The van der Waals surface area contributed by atoms with Crippen LogP contribution < -0.4 is 0 Å². The highest BCUT2D eigenvalue weighted by atomic mass is 28.3. The van der Waals surface area contributed by atoms with Gasteiger partial charge in [-0.2, -0.15) is 0 Å². The molecule has 0 bridgehead atoms. The molecular formula is C24H34O2Si2. The lowest BCUT2D eigenvalue weighted by Gasteiger charge is -2.34. The maximum atomic E-state index is 6.15. The molecule has 0 heterocycles. The van der Waals surface area contributed by atoms with E-state index in [0.29, 0.717) is 0 Å². The number of rotatable bonds is 6. The third-order valence-electron chi connectivity index (χ3n) is 5.58. The van der Waals surface area contributed by atoms with Crippen LogP contribution in [0.3, 0.4) is 0 Å². The topological polar surface area (TPSA) is 18.5 Å². The fraction of sp³-hybridized carbons (Fsp3) is 0.417. The normalized spacial score (nSPS) is 15.1. The van der Waals surface area contributed by atoms with Gasteiger partial charge in [0.15, 0.2) is 0 Å². The molecule has 2 atom stereocenters. The summed E-state index contributed by atoms with van der Waals surface area (Å²) in [6.45, 7) is 14.3. The number of hydrogen-bond acceptors (Lipinski definition) is 2. The molecule has 3 aromatic rings. The molecule has 0 aliphatic carbocycles. The van der Waals surface area contributed by atoms with Gasteiger partial charge in [-0.15, -0.1) is 0 Å². The molecular weight excluding hydrogens is 376 g/mol. The van der Waals surface area contributed by atoms with Gasteiger partial charge in [-0.05, 0) is 32.7 Å². The second-order valence-corrected chi connectivity index (χ2v) is 20.4. The number of methoxy groups -OCH3 is 2. The zero-order valence-corrected chi connectivity index (χ0v) is 20.6. The lowest BCUT2D eigenvalue weighted by atomic mass is 9.92.